The molecule has 0 saturated heterocycles. The van der Waals surface area contributed by atoms with Gasteiger partial charge in [0.05, 0.1) is 24.6 Å². The predicted octanol–water partition coefficient (Wildman–Crippen LogP) is 2.79. The van der Waals surface area contributed by atoms with Crippen LogP contribution in [-0.2, 0) is 10.0 Å². The molecule has 1 aromatic carbocycles. The number of sulfonamides is 1. The van der Waals surface area contributed by atoms with Gasteiger partial charge < -0.3 is 10.1 Å². The predicted molar refractivity (Wildman–Crippen MR) is 98.4 cm³/mol. The molecule has 9 heteroatoms. The Balaban J connectivity index is 2.30. The van der Waals surface area contributed by atoms with E-state index in [0.717, 1.165) is 6.42 Å². The number of benzene rings is 1. The summed E-state index contributed by atoms with van der Waals surface area (Å²) in [4.78, 5) is 15.9. The van der Waals surface area contributed by atoms with Crippen molar-refractivity contribution in [3.63, 3.8) is 0 Å². The summed E-state index contributed by atoms with van der Waals surface area (Å²) in [5, 5.41) is 2.71. The Labute approximate surface area is 155 Å². The van der Waals surface area contributed by atoms with Gasteiger partial charge in [0.15, 0.2) is 0 Å². The molecule has 1 aromatic heterocycles. The molecule has 1 heterocycles. The molecule has 25 heavy (non-hydrogen) atoms. The third-order valence-electron chi connectivity index (χ3n) is 3.20. The molecule has 2 N–H and O–H groups in total. The molecule has 0 radical (unpaired) electrons. The first-order valence-corrected chi connectivity index (χ1v) is 9.74. The van der Waals surface area contributed by atoms with E-state index >= 15 is 0 Å². The van der Waals surface area contributed by atoms with E-state index < -0.39 is 10.0 Å². The van der Waals surface area contributed by atoms with Gasteiger partial charge in [0.25, 0.3) is 15.9 Å². The van der Waals surface area contributed by atoms with E-state index in [1.807, 2.05) is 6.92 Å². The molecule has 0 spiro atoms. The highest BCUT2D eigenvalue weighted by Gasteiger charge is 2.20. The van der Waals surface area contributed by atoms with Crippen LogP contribution in [0, 0.1) is 0 Å². The van der Waals surface area contributed by atoms with Crippen LogP contribution in [0.2, 0.25) is 0 Å². The summed E-state index contributed by atoms with van der Waals surface area (Å²) in [6.07, 6.45) is 3.51. The zero-order valence-electron chi connectivity index (χ0n) is 13.7. The van der Waals surface area contributed by atoms with E-state index in [2.05, 4.69) is 31.0 Å². The highest BCUT2D eigenvalue weighted by atomic mass is 79.9. The second kappa shape index (κ2) is 8.30. The SMILES string of the molecule is CCCNC(=O)c1cncc(NS(=O)(=O)c2cc(Br)ccc2OC)c1. The minimum atomic E-state index is -3.91. The number of ether oxygens (including phenoxy) is 1. The van der Waals surface area contributed by atoms with Crippen molar-refractivity contribution in [2.45, 2.75) is 18.2 Å². The van der Waals surface area contributed by atoms with E-state index in [-0.39, 0.29) is 27.8 Å². The van der Waals surface area contributed by atoms with Crippen LogP contribution in [0.5, 0.6) is 5.75 Å². The molecule has 0 saturated carbocycles. The Kier molecular flexibility index (Phi) is 6.38. The summed E-state index contributed by atoms with van der Waals surface area (Å²) < 4.78 is 33.4. The van der Waals surface area contributed by atoms with Crippen LogP contribution >= 0.6 is 15.9 Å². The van der Waals surface area contributed by atoms with Gasteiger partial charge in [0, 0.05) is 17.2 Å². The van der Waals surface area contributed by atoms with Crippen molar-refractivity contribution in [3.8, 4) is 5.75 Å². The summed E-state index contributed by atoms with van der Waals surface area (Å²) in [7, 11) is -2.52. The van der Waals surface area contributed by atoms with Crippen molar-refractivity contribution >= 4 is 37.5 Å². The number of amides is 1. The first-order valence-electron chi connectivity index (χ1n) is 7.47. The van der Waals surface area contributed by atoms with Gasteiger partial charge in [-0.2, -0.15) is 0 Å². The number of hydrogen-bond donors (Lipinski definition) is 2. The number of aromatic nitrogens is 1. The van der Waals surface area contributed by atoms with Crippen molar-refractivity contribution < 1.29 is 17.9 Å². The number of methoxy groups -OCH3 is 1. The van der Waals surface area contributed by atoms with Crippen LogP contribution in [-0.4, -0.2) is 33.0 Å². The Morgan fingerprint density at radius 1 is 1.28 bits per heavy atom. The smallest absolute Gasteiger partial charge is 0.265 e. The van der Waals surface area contributed by atoms with Gasteiger partial charge in [0.2, 0.25) is 0 Å². The number of halogens is 1. The van der Waals surface area contributed by atoms with E-state index in [1.54, 1.807) is 12.1 Å². The van der Waals surface area contributed by atoms with E-state index in [9.17, 15) is 13.2 Å². The highest BCUT2D eigenvalue weighted by molar-refractivity contribution is 9.10. The minimum Gasteiger partial charge on any atom is -0.495 e. The van der Waals surface area contributed by atoms with Crippen molar-refractivity contribution in [1.29, 1.82) is 0 Å². The van der Waals surface area contributed by atoms with Crippen LogP contribution in [0.25, 0.3) is 0 Å². The topological polar surface area (TPSA) is 97.4 Å². The Morgan fingerprint density at radius 2 is 2.04 bits per heavy atom. The highest BCUT2D eigenvalue weighted by Crippen LogP contribution is 2.28. The molecule has 1 amide bonds. The molecule has 0 aliphatic rings. The Morgan fingerprint density at radius 3 is 2.72 bits per heavy atom. The van der Waals surface area contributed by atoms with E-state index in [1.165, 1.54) is 31.6 Å². The monoisotopic (exact) mass is 427 g/mol. The number of hydrogen-bond acceptors (Lipinski definition) is 5. The zero-order valence-corrected chi connectivity index (χ0v) is 16.1. The summed E-state index contributed by atoms with van der Waals surface area (Å²) in [6, 6.07) is 6.09. The van der Waals surface area contributed by atoms with Crippen LogP contribution in [0.1, 0.15) is 23.7 Å². The Hall–Kier alpha value is -2.13. The molecule has 0 fully saturated rings. The number of nitrogens with zero attached hydrogens (tertiary/aromatic N) is 1. The quantitative estimate of drug-likeness (QED) is 0.707. The van der Waals surface area contributed by atoms with Crippen LogP contribution in [0.15, 0.2) is 46.0 Å². The standard InChI is InChI=1S/C16H18BrN3O4S/c1-3-6-19-16(21)11-7-13(10-18-9-11)20-25(22,23)15-8-12(17)4-5-14(15)24-2/h4-5,7-10,20H,3,6H2,1-2H3,(H,19,21). The molecule has 2 aromatic rings. The fourth-order valence-electron chi connectivity index (χ4n) is 2.03. The number of carbonyl (C=O) groups excluding carboxylic acids is 1. The molecule has 0 aliphatic heterocycles. The van der Waals surface area contributed by atoms with Crippen molar-refractivity contribution in [2.75, 3.05) is 18.4 Å². The lowest BCUT2D eigenvalue weighted by Gasteiger charge is -2.12. The van der Waals surface area contributed by atoms with Gasteiger partial charge >= 0.3 is 0 Å². The van der Waals surface area contributed by atoms with Crippen molar-refractivity contribution in [1.82, 2.24) is 10.3 Å². The van der Waals surface area contributed by atoms with Gasteiger partial charge in [-0.3, -0.25) is 14.5 Å². The lowest BCUT2D eigenvalue weighted by atomic mass is 10.2. The molecular formula is C16H18BrN3O4S. The van der Waals surface area contributed by atoms with Gasteiger partial charge in [-0.25, -0.2) is 8.42 Å². The maximum absolute atomic E-state index is 12.6. The average Bonchev–Trinajstić information content (AvgIpc) is 2.59. The summed E-state index contributed by atoms with van der Waals surface area (Å²) in [5.41, 5.74) is 0.459. The van der Waals surface area contributed by atoms with Gasteiger partial charge in [0.1, 0.15) is 10.6 Å². The lowest BCUT2D eigenvalue weighted by Crippen LogP contribution is -2.24. The first kappa shape index (κ1) is 19.2. The zero-order chi connectivity index (χ0) is 18.4. The minimum absolute atomic E-state index is 0.0230. The number of anilines is 1. The summed E-state index contributed by atoms with van der Waals surface area (Å²) in [5.74, 6) is -0.101. The second-order valence-electron chi connectivity index (χ2n) is 5.12. The third kappa shape index (κ3) is 4.93. The first-order chi connectivity index (χ1) is 11.9. The third-order valence-corrected chi connectivity index (χ3v) is 5.10. The van der Waals surface area contributed by atoms with Crippen molar-refractivity contribution in [2.24, 2.45) is 0 Å². The number of pyridine rings is 1. The molecule has 0 bridgehead atoms. The molecular weight excluding hydrogens is 410 g/mol. The van der Waals surface area contributed by atoms with Crippen LogP contribution in [0.3, 0.4) is 0 Å². The fourth-order valence-corrected chi connectivity index (χ4v) is 3.77. The van der Waals surface area contributed by atoms with Gasteiger partial charge in [-0.05, 0) is 30.7 Å². The Bertz CT molecular complexity index is 871. The number of rotatable bonds is 7. The largest absolute Gasteiger partial charge is 0.495 e. The molecule has 7 nitrogen and oxygen atoms in total. The molecule has 0 aliphatic carbocycles. The molecule has 0 unspecified atom stereocenters. The lowest BCUT2D eigenvalue weighted by molar-refractivity contribution is 0.0953. The number of carbonyl (C=O) groups is 1. The summed E-state index contributed by atoms with van der Waals surface area (Å²) >= 11 is 3.25. The van der Waals surface area contributed by atoms with Gasteiger partial charge in [-0.1, -0.05) is 22.9 Å². The maximum Gasteiger partial charge on any atom is 0.265 e. The molecule has 0 atom stereocenters. The van der Waals surface area contributed by atoms with E-state index in [4.69, 9.17) is 4.74 Å². The van der Waals surface area contributed by atoms with Crippen LogP contribution < -0.4 is 14.8 Å². The molecule has 2 rings (SSSR count). The van der Waals surface area contributed by atoms with Crippen molar-refractivity contribution in [3.05, 3.63) is 46.7 Å². The van der Waals surface area contributed by atoms with Crippen LogP contribution in [0.4, 0.5) is 5.69 Å². The van der Waals surface area contributed by atoms with E-state index in [0.29, 0.717) is 11.0 Å². The summed E-state index contributed by atoms with van der Waals surface area (Å²) in [6.45, 7) is 2.47. The average molecular weight is 428 g/mol. The fraction of sp³-hybridized carbons (Fsp3) is 0.250. The van der Waals surface area contributed by atoms with Gasteiger partial charge in [-0.15, -0.1) is 0 Å². The maximum atomic E-state index is 12.6. The number of nitrogens with one attached hydrogen (secondary N) is 2. The molecule has 134 valence electrons. The normalized spacial score (nSPS) is 11.0. The second-order valence-corrected chi connectivity index (χ2v) is 7.69.